The number of nitrogens with zero attached hydrogens (tertiary/aromatic N) is 1. The molecule has 1 nitrogen and oxygen atoms in total. The molecule has 8 aromatic carbocycles. The zero-order chi connectivity index (χ0) is 34.6. The molecule has 10 aromatic rings. The molecule has 1 aliphatic heterocycles. The summed E-state index contributed by atoms with van der Waals surface area (Å²) < 4.78 is 5.45. The Kier molecular flexibility index (Phi) is 6.51. The van der Waals surface area contributed by atoms with Crippen molar-refractivity contribution in [2.45, 2.75) is 13.1 Å². The Balaban J connectivity index is 1.10. The van der Waals surface area contributed by atoms with E-state index in [1.165, 1.54) is 89.9 Å². The quantitative estimate of drug-likeness (QED) is 0.164. The van der Waals surface area contributed by atoms with Gasteiger partial charge in [-0.2, -0.15) is 0 Å². The molecule has 0 N–H and O–H groups in total. The lowest BCUT2D eigenvalue weighted by atomic mass is 9.98. The molecule has 0 saturated heterocycles. The van der Waals surface area contributed by atoms with Crippen LogP contribution in [0.25, 0.3) is 73.4 Å². The molecule has 3 heterocycles. The summed E-state index contributed by atoms with van der Waals surface area (Å²) >= 11 is 3.82. The third kappa shape index (κ3) is 4.38. The molecule has 0 radical (unpaired) electrons. The van der Waals surface area contributed by atoms with Crippen LogP contribution in [0, 0.1) is 0 Å². The van der Waals surface area contributed by atoms with Gasteiger partial charge in [0.15, 0.2) is 0 Å². The summed E-state index contributed by atoms with van der Waals surface area (Å²) in [5.41, 5.74) is 8.91. The summed E-state index contributed by atoms with van der Waals surface area (Å²) in [6.45, 7) is 5.07. The van der Waals surface area contributed by atoms with Crippen molar-refractivity contribution in [3.05, 3.63) is 164 Å². The minimum Gasteiger partial charge on any atom is -0.310 e. The molecule has 52 heavy (non-hydrogen) atoms. The van der Waals surface area contributed by atoms with Gasteiger partial charge >= 0.3 is 0 Å². The molecule has 0 saturated carbocycles. The van der Waals surface area contributed by atoms with E-state index in [0.29, 0.717) is 0 Å². The third-order valence-electron chi connectivity index (χ3n) is 11.3. The van der Waals surface area contributed by atoms with Gasteiger partial charge in [0.1, 0.15) is 8.07 Å². The zero-order valence-electron chi connectivity index (χ0n) is 28.9. The summed E-state index contributed by atoms with van der Waals surface area (Å²) in [5, 5.41) is 11.0. The molecule has 2 aromatic heterocycles. The highest BCUT2D eigenvalue weighted by Gasteiger charge is 2.39. The molecule has 0 bridgehead atoms. The molecule has 0 fully saturated rings. The van der Waals surface area contributed by atoms with Crippen molar-refractivity contribution in [3.8, 4) is 22.3 Å². The van der Waals surface area contributed by atoms with E-state index in [1.807, 2.05) is 22.7 Å². The number of thiophene rings is 2. The Hall–Kier alpha value is -5.52. The fourth-order valence-electron chi connectivity index (χ4n) is 8.70. The third-order valence-corrected chi connectivity index (χ3v) is 17.1. The molecule has 11 rings (SSSR count). The molecule has 1 aliphatic rings. The van der Waals surface area contributed by atoms with Crippen molar-refractivity contribution in [1.29, 1.82) is 0 Å². The number of benzene rings is 8. The second kappa shape index (κ2) is 11.2. The van der Waals surface area contributed by atoms with E-state index in [1.54, 1.807) is 5.19 Å². The van der Waals surface area contributed by atoms with Crippen molar-refractivity contribution in [2.75, 3.05) is 4.90 Å². The van der Waals surface area contributed by atoms with Crippen LogP contribution in [0.1, 0.15) is 0 Å². The van der Waals surface area contributed by atoms with E-state index >= 15 is 0 Å². The average molecular weight is 716 g/mol. The highest BCUT2D eigenvalue weighted by atomic mass is 32.1. The zero-order valence-corrected chi connectivity index (χ0v) is 31.5. The van der Waals surface area contributed by atoms with Crippen LogP contribution >= 0.6 is 22.7 Å². The summed E-state index contributed by atoms with van der Waals surface area (Å²) in [7, 11) is -1.99. The summed E-state index contributed by atoms with van der Waals surface area (Å²) in [5.74, 6) is 0. The van der Waals surface area contributed by atoms with E-state index in [2.05, 4.69) is 182 Å². The van der Waals surface area contributed by atoms with Crippen LogP contribution in [0.3, 0.4) is 0 Å². The molecule has 0 atom stereocenters. The van der Waals surface area contributed by atoms with E-state index < -0.39 is 8.07 Å². The molecule has 0 unspecified atom stereocenters. The van der Waals surface area contributed by atoms with Crippen molar-refractivity contribution in [1.82, 2.24) is 0 Å². The van der Waals surface area contributed by atoms with Crippen LogP contribution in [0.2, 0.25) is 13.1 Å². The second-order valence-electron chi connectivity index (χ2n) is 14.5. The number of hydrogen-bond donors (Lipinski definition) is 0. The minimum atomic E-state index is -1.99. The van der Waals surface area contributed by atoms with Crippen LogP contribution in [0.4, 0.5) is 17.1 Å². The van der Waals surface area contributed by atoms with Crippen molar-refractivity contribution >= 4 is 109 Å². The molecular weight excluding hydrogens is 683 g/mol. The normalized spacial score (nSPS) is 13.3. The average Bonchev–Trinajstić information content (AvgIpc) is 3.82. The fraction of sp³-hybridized carbons (Fsp3) is 0.0417. The Morgan fingerprint density at radius 1 is 0.423 bits per heavy atom. The first kappa shape index (κ1) is 30.1. The first-order chi connectivity index (χ1) is 25.5. The maximum atomic E-state index is 2.54. The van der Waals surface area contributed by atoms with E-state index in [0.717, 1.165) is 5.69 Å². The first-order valence-electron chi connectivity index (χ1n) is 17.9. The highest BCUT2D eigenvalue weighted by molar-refractivity contribution is 7.27. The molecular formula is C48H33NS2Si. The van der Waals surface area contributed by atoms with Crippen LogP contribution in [-0.4, -0.2) is 8.07 Å². The first-order valence-corrected chi connectivity index (χ1v) is 22.6. The van der Waals surface area contributed by atoms with Gasteiger partial charge in [-0.05, 0) is 98.0 Å². The number of rotatable bonds is 4. The summed E-state index contributed by atoms with van der Waals surface area (Å²) in [4.78, 5) is 2.47. The molecule has 0 spiro atoms. The van der Waals surface area contributed by atoms with E-state index in [4.69, 9.17) is 0 Å². The van der Waals surface area contributed by atoms with Crippen molar-refractivity contribution in [3.63, 3.8) is 0 Å². The van der Waals surface area contributed by atoms with E-state index in [9.17, 15) is 0 Å². The van der Waals surface area contributed by atoms with Gasteiger partial charge in [0, 0.05) is 57.4 Å². The predicted octanol–water partition coefficient (Wildman–Crippen LogP) is 13.5. The van der Waals surface area contributed by atoms with Gasteiger partial charge in [0.2, 0.25) is 0 Å². The van der Waals surface area contributed by atoms with Gasteiger partial charge < -0.3 is 4.90 Å². The van der Waals surface area contributed by atoms with Crippen LogP contribution in [0.15, 0.2) is 164 Å². The topological polar surface area (TPSA) is 3.24 Å². The van der Waals surface area contributed by atoms with Gasteiger partial charge in [-0.1, -0.05) is 122 Å². The van der Waals surface area contributed by atoms with Gasteiger partial charge in [-0.3, -0.25) is 0 Å². The largest absolute Gasteiger partial charge is 0.310 e. The van der Waals surface area contributed by atoms with Gasteiger partial charge in [-0.15, -0.1) is 22.7 Å². The lowest BCUT2D eigenvalue weighted by Crippen LogP contribution is -2.49. The smallest absolute Gasteiger partial charge is 0.114 e. The second-order valence-corrected chi connectivity index (χ2v) is 21.0. The SMILES string of the molecule is C[Si]1(C)c2cc(N(c3ccc(-c4cccc5ccccc45)cc3)c3ccc4sc5ccccc5c4c3)ccc2-c2c1ccc1c2sc2ccccc21. The molecule has 4 heteroatoms. The maximum absolute atomic E-state index is 2.54. The summed E-state index contributed by atoms with van der Waals surface area (Å²) in [6, 6.07) is 61.3. The van der Waals surface area contributed by atoms with Gasteiger partial charge in [-0.25, -0.2) is 0 Å². The molecule has 0 aliphatic carbocycles. The van der Waals surface area contributed by atoms with Crippen molar-refractivity contribution < 1.29 is 0 Å². The maximum Gasteiger partial charge on any atom is 0.114 e. The standard InChI is InChI=1S/C48H33NS2Si/c1-52(2)45-27-25-39-37-13-5-8-17-43(37)51-48(39)47(45)40-24-22-34(29-46(40)52)49(33-23-26-44-41(28-33)38-14-6-7-16-42(38)50-44)32-20-18-31(19-21-32)36-15-9-11-30-10-3-4-12-35(30)36/h3-29H,1-2H3. The number of fused-ring (bicyclic) bond motifs is 11. The van der Waals surface area contributed by atoms with Gasteiger partial charge in [0.25, 0.3) is 0 Å². The Morgan fingerprint density at radius 3 is 1.88 bits per heavy atom. The molecule has 246 valence electrons. The predicted molar refractivity (Wildman–Crippen MR) is 232 cm³/mol. The number of hydrogen-bond acceptors (Lipinski definition) is 3. The minimum absolute atomic E-state index is 1.16. The lowest BCUT2D eigenvalue weighted by Gasteiger charge is -2.28. The Morgan fingerprint density at radius 2 is 1.06 bits per heavy atom. The fourth-order valence-corrected chi connectivity index (χ4v) is 14.2. The Bertz CT molecular complexity index is 3050. The number of anilines is 3. The lowest BCUT2D eigenvalue weighted by molar-refractivity contribution is 1.29. The van der Waals surface area contributed by atoms with E-state index in [-0.39, 0.29) is 0 Å². The molecule has 0 amide bonds. The monoisotopic (exact) mass is 715 g/mol. The Labute approximate surface area is 311 Å². The highest BCUT2D eigenvalue weighted by Crippen LogP contribution is 2.45. The van der Waals surface area contributed by atoms with Crippen molar-refractivity contribution in [2.24, 2.45) is 0 Å². The van der Waals surface area contributed by atoms with Crippen LogP contribution < -0.4 is 15.3 Å². The van der Waals surface area contributed by atoms with Crippen LogP contribution in [0.5, 0.6) is 0 Å². The summed E-state index contributed by atoms with van der Waals surface area (Å²) in [6.07, 6.45) is 0. The van der Waals surface area contributed by atoms with Gasteiger partial charge in [0.05, 0.1) is 0 Å². The van der Waals surface area contributed by atoms with Crippen LogP contribution in [-0.2, 0) is 0 Å².